The molecule has 0 spiro atoms. The molecule has 0 saturated carbocycles. The first-order valence-electron chi connectivity index (χ1n) is 28.4. The van der Waals surface area contributed by atoms with Crippen LogP contribution in [0.4, 0.5) is 21.9 Å². The van der Waals surface area contributed by atoms with E-state index in [9.17, 15) is 43.5 Å². The third-order valence-electron chi connectivity index (χ3n) is 15.2. The average Bonchev–Trinajstić information content (AvgIpc) is 3.48. The van der Waals surface area contributed by atoms with Gasteiger partial charge >= 0.3 is 12.1 Å². The van der Waals surface area contributed by atoms with Crippen molar-refractivity contribution in [2.45, 2.75) is 144 Å². The Morgan fingerprint density at radius 3 is 2.02 bits per heavy atom. The summed E-state index contributed by atoms with van der Waals surface area (Å²) in [4.78, 5) is 109. The molecule has 1 aliphatic heterocycles. The van der Waals surface area contributed by atoms with Crippen LogP contribution in [0.2, 0.25) is 0 Å². The van der Waals surface area contributed by atoms with Crippen molar-refractivity contribution >= 4 is 77.1 Å². The van der Waals surface area contributed by atoms with Crippen LogP contribution >= 0.6 is 0 Å². The van der Waals surface area contributed by atoms with E-state index < -0.39 is 76.7 Å². The van der Waals surface area contributed by atoms with Gasteiger partial charge in [0, 0.05) is 48.3 Å². The van der Waals surface area contributed by atoms with E-state index in [1.165, 1.54) is 11.8 Å². The summed E-state index contributed by atoms with van der Waals surface area (Å²) in [6, 6.07) is 25.5. The maximum atomic E-state index is 14.2. The largest absolute Gasteiger partial charge is 0.478 e. The van der Waals surface area contributed by atoms with Gasteiger partial charge in [0.1, 0.15) is 25.0 Å². The third kappa shape index (κ3) is 18.3. The number of likely N-dealkylation sites (N-methyl/N-ethyl adjacent to an activating group) is 2. The molecule has 0 radical (unpaired) electrons. The molecule has 0 saturated heterocycles. The minimum absolute atomic E-state index is 0.0412. The van der Waals surface area contributed by atoms with Crippen LogP contribution in [0.1, 0.15) is 123 Å². The lowest BCUT2D eigenvalue weighted by Crippen LogP contribution is -2.61. The number of amides is 6. The van der Waals surface area contributed by atoms with Crippen LogP contribution in [0.25, 0.3) is 12.2 Å². The fraction of sp³-hybridized carbons (Fsp3) is 0.446. The second-order valence-corrected chi connectivity index (χ2v) is 23.8. The van der Waals surface area contributed by atoms with Crippen molar-refractivity contribution in [2.75, 3.05) is 36.2 Å². The Labute approximate surface area is 489 Å². The molecule has 0 fully saturated rings. The van der Waals surface area contributed by atoms with Gasteiger partial charge in [0.2, 0.25) is 29.5 Å². The summed E-state index contributed by atoms with van der Waals surface area (Å²) in [5.74, 6) is -3.51. The molecule has 4 aromatic rings. The second-order valence-electron chi connectivity index (χ2n) is 23.8. The van der Waals surface area contributed by atoms with E-state index in [4.69, 9.17) is 4.74 Å². The zero-order valence-electron chi connectivity index (χ0n) is 50.4. The third-order valence-corrected chi connectivity index (χ3v) is 15.2. The first kappa shape index (κ1) is 65.8. The minimum atomic E-state index is -1.08. The highest BCUT2D eigenvalue weighted by atomic mass is 16.5. The number of aliphatic carboxylic acids is 1. The van der Waals surface area contributed by atoms with Crippen molar-refractivity contribution in [3.8, 4) is 0 Å². The van der Waals surface area contributed by atoms with Gasteiger partial charge in [-0.3, -0.25) is 29.3 Å². The van der Waals surface area contributed by atoms with Crippen LogP contribution in [-0.2, 0) is 56.9 Å². The second kappa shape index (κ2) is 29.8. The Morgan fingerprint density at radius 1 is 0.747 bits per heavy atom. The number of rotatable bonds is 26. The summed E-state index contributed by atoms with van der Waals surface area (Å²) in [5.41, 5.74) is 4.60. The zero-order chi connectivity index (χ0) is 61.3. The summed E-state index contributed by atoms with van der Waals surface area (Å²) < 4.78 is 5.54. The Hall–Kier alpha value is -7.96. The first-order valence-corrected chi connectivity index (χ1v) is 28.4. The molecule has 0 aliphatic carbocycles. The first-order chi connectivity index (χ1) is 39.2. The molecule has 7 N–H and O–H groups in total. The van der Waals surface area contributed by atoms with Gasteiger partial charge in [0.05, 0.1) is 30.4 Å². The molecule has 1 aliphatic rings. The number of carboxylic acid groups (broad SMARTS) is 1. The summed E-state index contributed by atoms with van der Waals surface area (Å²) in [6.45, 7) is 20.4. The predicted octanol–water partition coefficient (Wildman–Crippen LogP) is 9.11. The number of carbonyl (C=O) groups excluding carboxylic acids is 7. The summed E-state index contributed by atoms with van der Waals surface area (Å²) in [5, 5.41) is 27.2. The predicted molar refractivity (Wildman–Crippen MR) is 326 cm³/mol. The number of para-hydroxylation sites is 1. The van der Waals surface area contributed by atoms with Crippen molar-refractivity contribution in [2.24, 2.45) is 23.2 Å². The Balaban J connectivity index is 1.09. The van der Waals surface area contributed by atoms with Crippen molar-refractivity contribution in [1.82, 2.24) is 26.2 Å². The fourth-order valence-electron chi connectivity index (χ4n) is 10.0. The molecule has 2 unspecified atom stereocenters. The molecule has 18 nitrogen and oxygen atoms in total. The SMILES string of the molecule is CNC(C(=O)N[C@H](C(=O)N(C)[C@H](/C=C(\C)C(=O)O)C(C)C)C(C)(C)C)C(C)(C)c1cccc(NC(=O)OCc2ccc(NC(=O)[C@H](C)NC(=O)[C@@H](NCC(C=O)CCCC(=O)N3Cc4ccccc4C=Cc4ccccc43)C(C)C)cc2)c1. The molecule has 6 amide bonds. The van der Waals surface area contributed by atoms with Gasteiger partial charge in [0.15, 0.2) is 0 Å². The van der Waals surface area contributed by atoms with Crippen LogP contribution in [-0.4, -0.2) is 109 Å². The lowest BCUT2D eigenvalue weighted by atomic mass is 9.76. The molecular weight excluding hydrogens is 1050 g/mol. The number of hydrogen-bond acceptors (Lipinski definition) is 11. The fourth-order valence-corrected chi connectivity index (χ4v) is 10.0. The number of ether oxygens (including phenoxy) is 1. The lowest BCUT2D eigenvalue weighted by Gasteiger charge is -2.40. The Kier molecular flexibility index (Phi) is 23.7. The van der Waals surface area contributed by atoms with Gasteiger partial charge in [-0.25, -0.2) is 9.59 Å². The highest BCUT2D eigenvalue weighted by molar-refractivity contribution is 5.98. The lowest BCUT2D eigenvalue weighted by molar-refractivity contribution is -0.141. The smallest absolute Gasteiger partial charge is 0.411 e. The average molecular weight is 1140 g/mol. The van der Waals surface area contributed by atoms with E-state index in [2.05, 4.69) is 38.0 Å². The number of aldehydes is 1. The highest BCUT2D eigenvalue weighted by Gasteiger charge is 2.42. The summed E-state index contributed by atoms with van der Waals surface area (Å²) >= 11 is 0. The van der Waals surface area contributed by atoms with E-state index >= 15 is 0 Å². The van der Waals surface area contributed by atoms with E-state index in [1.807, 2.05) is 128 Å². The molecule has 1 heterocycles. The molecule has 18 heteroatoms. The molecule has 83 heavy (non-hydrogen) atoms. The van der Waals surface area contributed by atoms with Crippen molar-refractivity contribution in [3.63, 3.8) is 0 Å². The number of carboxylic acids is 1. The number of nitrogens with one attached hydrogen (secondary N) is 6. The van der Waals surface area contributed by atoms with Crippen LogP contribution in [0.5, 0.6) is 0 Å². The monoisotopic (exact) mass is 1140 g/mol. The summed E-state index contributed by atoms with van der Waals surface area (Å²) in [7, 11) is 3.27. The van der Waals surface area contributed by atoms with Crippen molar-refractivity contribution in [3.05, 3.63) is 137 Å². The highest BCUT2D eigenvalue weighted by Crippen LogP contribution is 2.32. The maximum absolute atomic E-state index is 14.2. The van der Waals surface area contributed by atoms with Gasteiger partial charge in [0.25, 0.3) is 0 Å². The molecular formula is C65H86N8O10. The van der Waals surface area contributed by atoms with Crippen LogP contribution in [0.3, 0.4) is 0 Å². The van der Waals surface area contributed by atoms with E-state index in [-0.39, 0.29) is 48.8 Å². The molecule has 6 atom stereocenters. The van der Waals surface area contributed by atoms with Crippen molar-refractivity contribution < 1.29 is 48.2 Å². The standard InChI is InChI=1S/C65H86N8O10/c1-40(2)53(34-42(5)62(80)81)72(13)61(79)57(64(7,8)9)71-60(78)56(66-12)65(10,11)49-24-19-25-51(35-49)70-63(82)83-39-44-28-32-50(33-29-44)69-58(76)43(6)68-59(77)55(41(3)4)67-36-45(38-74)20-18-27-54(75)73-37-48-23-15-14-21-46(48)30-31-47-22-16-17-26-52(47)73/h14-17,19,21-26,28-35,38,40-41,43,45,53,55-57,66-67H,18,20,27,36-37,39H2,1-13H3,(H,68,77)(H,69,76)(H,70,82)(H,71,78)(H,80,81)/b31-30?,42-34+/t43-,45?,53+,55-,56?,57+/m0/s1. The van der Waals surface area contributed by atoms with E-state index in [0.717, 1.165) is 28.7 Å². The van der Waals surface area contributed by atoms with Gasteiger partial charge in [-0.1, -0.05) is 147 Å². The van der Waals surface area contributed by atoms with Gasteiger partial charge in [-0.2, -0.15) is 0 Å². The van der Waals surface area contributed by atoms with Gasteiger partial charge in [-0.15, -0.1) is 0 Å². The Morgan fingerprint density at radius 2 is 1.40 bits per heavy atom. The molecule has 4 aromatic carbocycles. The minimum Gasteiger partial charge on any atom is -0.478 e. The Bertz CT molecular complexity index is 3000. The van der Waals surface area contributed by atoms with Crippen LogP contribution < -0.4 is 36.8 Å². The van der Waals surface area contributed by atoms with Crippen LogP contribution in [0.15, 0.2) is 109 Å². The van der Waals surface area contributed by atoms with Crippen LogP contribution in [0, 0.1) is 23.2 Å². The number of anilines is 3. The number of hydrogen-bond donors (Lipinski definition) is 7. The molecule has 0 aromatic heterocycles. The number of benzene rings is 4. The number of carbonyl (C=O) groups is 8. The quantitative estimate of drug-likeness (QED) is 0.0230. The molecule has 5 rings (SSSR count). The number of nitrogens with zero attached hydrogens (tertiary/aromatic N) is 2. The molecule has 446 valence electrons. The topological polar surface area (TPSA) is 245 Å². The maximum Gasteiger partial charge on any atom is 0.411 e. The van der Waals surface area contributed by atoms with Gasteiger partial charge < -0.3 is 51.0 Å². The zero-order valence-corrected chi connectivity index (χ0v) is 50.4. The number of fused-ring (bicyclic) bond motifs is 2. The van der Waals surface area contributed by atoms with E-state index in [0.29, 0.717) is 41.9 Å². The normalized spacial score (nSPS) is 14.7. The van der Waals surface area contributed by atoms with Crippen molar-refractivity contribution in [1.29, 1.82) is 0 Å². The summed E-state index contributed by atoms with van der Waals surface area (Å²) in [6.07, 6.45) is 6.93. The molecule has 0 bridgehead atoms. The van der Waals surface area contributed by atoms with E-state index in [1.54, 1.807) is 69.6 Å². The van der Waals surface area contributed by atoms with Gasteiger partial charge in [-0.05, 0) is 109 Å².